The molecule has 3 N–H and O–H groups in total. The number of aliphatic carboxylic acids is 1. The van der Waals surface area contributed by atoms with Gasteiger partial charge < -0.3 is 20.6 Å². The first kappa shape index (κ1) is 31.0. The highest BCUT2D eigenvalue weighted by atomic mass is 32.2. The van der Waals surface area contributed by atoms with Crippen molar-refractivity contribution in [1.29, 1.82) is 0 Å². The number of carboxylic acids is 1. The van der Waals surface area contributed by atoms with Gasteiger partial charge in [0, 0.05) is 38.3 Å². The molecule has 1 atom stereocenters. The van der Waals surface area contributed by atoms with E-state index in [1.165, 1.54) is 15.6 Å². The highest BCUT2D eigenvalue weighted by Gasteiger charge is 2.30. The van der Waals surface area contributed by atoms with Crippen molar-refractivity contribution in [2.24, 2.45) is 5.92 Å². The number of hydrogen-bond acceptors (Lipinski definition) is 8. The quantitative estimate of drug-likeness (QED) is 0.291. The molecule has 0 spiro atoms. The van der Waals surface area contributed by atoms with Gasteiger partial charge in [0.05, 0.1) is 27.5 Å². The Morgan fingerprint density at radius 3 is 2.42 bits per heavy atom. The van der Waals surface area contributed by atoms with Gasteiger partial charge in [-0.15, -0.1) is 0 Å². The molecule has 2 aliphatic rings. The van der Waals surface area contributed by atoms with Crippen LogP contribution in [0.5, 0.6) is 0 Å². The molecule has 1 aliphatic heterocycles. The molecule has 1 aliphatic carbocycles. The van der Waals surface area contributed by atoms with Gasteiger partial charge in [0.1, 0.15) is 0 Å². The monoisotopic (exact) mass is 627 g/mol. The van der Waals surface area contributed by atoms with Crippen molar-refractivity contribution < 1.29 is 27.9 Å². The van der Waals surface area contributed by atoms with Gasteiger partial charge in [-0.2, -0.15) is 4.31 Å². The van der Waals surface area contributed by atoms with Gasteiger partial charge in [0.25, 0.3) is 5.91 Å². The van der Waals surface area contributed by atoms with Gasteiger partial charge in [-0.05, 0) is 55.3 Å². The summed E-state index contributed by atoms with van der Waals surface area (Å²) in [5, 5.41) is 14.8. The molecule has 11 nitrogen and oxygen atoms in total. The van der Waals surface area contributed by atoms with Crippen LogP contribution in [0.1, 0.15) is 60.4 Å². The lowest BCUT2D eigenvalue weighted by Gasteiger charge is -2.31. The van der Waals surface area contributed by atoms with Crippen molar-refractivity contribution >= 4 is 54.5 Å². The Morgan fingerprint density at radius 2 is 1.74 bits per heavy atom. The summed E-state index contributed by atoms with van der Waals surface area (Å²) in [5.74, 6) is -1.62. The summed E-state index contributed by atoms with van der Waals surface area (Å²) in [5.41, 5.74) is 1.78. The van der Waals surface area contributed by atoms with Crippen molar-refractivity contribution in [3.05, 3.63) is 53.6 Å². The molecule has 5 rings (SSSR count). The molecule has 230 valence electrons. The zero-order chi connectivity index (χ0) is 30.6. The Balaban J connectivity index is 1.31. The molecule has 2 fully saturated rings. The first-order valence-corrected chi connectivity index (χ1v) is 16.9. The lowest BCUT2D eigenvalue weighted by Crippen LogP contribution is -2.47. The van der Waals surface area contributed by atoms with Gasteiger partial charge in [-0.3, -0.25) is 14.4 Å². The van der Waals surface area contributed by atoms with Crippen molar-refractivity contribution in [3.8, 4) is 0 Å². The first-order chi connectivity index (χ1) is 20.6. The van der Waals surface area contributed by atoms with Crippen LogP contribution in [0.3, 0.4) is 0 Å². The molecule has 1 saturated heterocycles. The fourth-order valence-corrected chi connectivity index (χ4v) is 8.05. The van der Waals surface area contributed by atoms with E-state index in [4.69, 9.17) is 5.11 Å². The molecular formula is C30H37N5O6S2. The zero-order valence-electron chi connectivity index (χ0n) is 24.1. The predicted octanol–water partition coefficient (Wildman–Crippen LogP) is 3.74. The van der Waals surface area contributed by atoms with Crippen LogP contribution < -0.4 is 10.6 Å². The number of likely N-dealkylation sites (N-methyl/N-ethyl adjacent to an activating group) is 1. The SMILES string of the molecule is CN1CCN(S(=O)(=O)c2ccc(C(CC3CCCC3)C(=O)Nc3nc4ccc(C(=O)NCCC(=O)O)cc4s3)cc2)CC1. The van der Waals surface area contributed by atoms with Gasteiger partial charge in [-0.25, -0.2) is 13.4 Å². The summed E-state index contributed by atoms with van der Waals surface area (Å²) in [6.07, 6.45) is 4.93. The molecule has 0 radical (unpaired) electrons. The number of nitrogens with one attached hydrogen (secondary N) is 2. The maximum absolute atomic E-state index is 13.7. The molecule has 0 bridgehead atoms. The number of amides is 2. The molecule has 3 aromatic rings. The van der Waals surface area contributed by atoms with Crippen LogP contribution >= 0.6 is 11.3 Å². The number of carbonyl (C=O) groups excluding carboxylic acids is 2. The van der Waals surface area contributed by atoms with Crippen molar-refractivity contribution in [3.63, 3.8) is 0 Å². The Bertz CT molecular complexity index is 1580. The third kappa shape index (κ3) is 7.58. The number of benzene rings is 2. The maximum atomic E-state index is 13.7. The van der Waals surface area contributed by atoms with E-state index >= 15 is 0 Å². The second-order valence-corrected chi connectivity index (χ2v) is 14.3. The number of anilines is 1. The molecule has 2 heterocycles. The van der Waals surface area contributed by atoms with Crippen LogP contribution in [0.2, 0.25) is 0 Å². The van der Waals surface area contributed by atoms with Gasteiger partial charge in [-0.1, -0.05) is 49.2 Å². The van der Waals surface area contributed by atoms with E-state index in [9.17, 15) is 22.8 Å². The van der Waals surface area contributed by atoms with Crippen LogP contribution in [0.4, 0.5) is 5.13 Å². The highest BCUT2D eigenvalue weighted by molar-refractivity contribution is 7.89. The Labute approximate surface area is 255 Å². The number of fused-ring (bicyclic) bond motifs is 1. The van der Waals surface area contributed by atoms with Crippen LogP contribution in [0.15, 0.2) is 47.4 Å². The zero-order valence-corrected chi connectivity index (χ0v) is 25.8. The van der Waals surface area contributed by atoms with Crippen LogP contribution in [-0.2, 0) is 19.6 Å². The predicted molar refractivity (Wildman–Crippen MR) is 165 cm³/mol. The normalized spacial score (nSPS) is 17.6. The van der Waals surface area contributed by atoms with E-state index in [0.717, 1.165) is 31.2 Å². The molecular weight excluding hydrogens is 590 g/mol. The first-order valence-electron chi connectivity index (χ1n) is 14.6. The molecule has 1 saturated carbocycles. The Kier molecular flexibility index (Phi) is 9.75. The van der Waals surface area contributed by atoms with Crippen molar-refractivity contribution in [2.75, 3.05) is 45.1 Å². The van der Waals surface area contributed by atoms with Crippen molar-refractivity contribution in [2.45, 2.75) is 49.3 Å². The third-order valence-electron chi connectivity index (χ3n) is 8.25. The number of carbonyl (C=O) groups is 3. The number of piperazine rings is 1. The Hall–Kier alpha value is -3.39. The Morgan fingerprint density at radius 1 is 1.05 bits per heavy atom. The molecule has 1 aromatic heterocycles. The van der Waals surface area contributed by atoms with Crippen LogP contribution in [0.25, 0.3) is 10.2 Å². The highest BCUT2D eigenvalue weighted by Crippen LogP contribution is 2.36. The number of thiazole rings is 1. The number of carboxylic acid groups (broad SMARTS) is 1. The van der Waals surface area contributed by atoms with E-state index in [1.54, 1.807) is 42.5 Å². The average molecular weight is 628 g/mol. The van der Waals surface area contributed by atoms with E-state index in [2.05, 4.69) is 20.5 Å². The summed E-state index contributed by atoms with van der Waals surface area (Å²) in [6, 6.07) is 11.7. The maximum Gasteiger partial charge on any atom is 0.305 e. The summed E-state index contributed by atoms with van der Waals surface area (Å²) in [7, 11) is -1.63. The fraction of sp³-hybridized carbons (Fsp3) is 0.467. The third-order valence-corrected chi connectivity index (χ3v) is 11.1. The van der Waals surface area contributed by atoms with Crippen LogP contribution in [-0.4, -0.2) is 85.3 Å². The number of sulfonamides is 1. The van der Waals surface area contributed by atoms with Gasteiger partial charge in [0.15, 0.2) is 5.13 Å². The number of rotatable bonds is 11. The summed E-state index contributed by atoms with van der Waals surface area (Å²) >= 11 is 1.26. The summed E-state index contributed by atoms with van der Waals surface area (Å²) in [4.78, 5) is 43.7. The summed E-state index contributed by atoms with van der Waals surface area (Å²) < 4.78 is 28.7. The molecule has 43 heavy (non-hydrogen) atoms. The van der Waals surface area contributed by atoms with Gasteiger partial charge >= 0.3 is 5.97 Å². The summed E-state index contributed by atoms with van der Waals surface area (Å²) in [6.45, 7) is 2.31. The molecule has 2 amide bonds. The molecule has 13 heteroatoms. The minimum absolute atomic E-state index is 0.0291. The second-order valence-electron chi connectivity index (χ2n) is 11.3. The van der Waals surface area contributed by atoms with E-state index in [-0.39, 0.29) is 29.7 Å². The van der Waals surface area contributed by atoms with E-state index in [0.29, 0.717) is 59.4 Å². The van der Waals surface area contributed by atoms with Gasteiger partial charge in [0.2, 0.25) is 15.9 Å². The average Bonchev–Trinajstić information content (AvgIpc) is 3.65. The lowest BCUT2D eigenvalue weighted by atomic mass is 9.87. The van der Waals surface area contributed by atoms with Crippen LogP contribution in [0, 0.1) is 5.92 Å². The smallest absolute Gasteiger partial charge is 0.305 e. The standard InChI is InChI=1S/C30H37N5O6S2/c1-34-14-16-35(17-15-34)43(40,41)23-9-6-21(7-10-23)24(18-20-4-2-3-5-20)29(39)33-30-32-25-11-8-22(19-26(25)42-30)28(38)31-13-12-27(36)37/h6-11,19-20,24H,2-5,12-18H2,1H3,(H,31,38)(H,36,37)(H,32,33,39). The number of nitrogens with zero attached hydrogens (tertiary/aromatic N) is 3. The number of hydrogen-bond donors (Lipinski definition) is 3. The van der Waals surface area contributed by atoms with E-state index in [1.807, 2.05) is 7.05 Å². The fourth-order valence-electron chi connectivity index (χ4n) is 5.72. The minimum Gasteiger partial charge on any atom is -0.481 e. The lowest BCUT2D eigenvalue weighted by molar-refractivity contribution is -0.136. The second kappa shape index (κ2) is 13.5. The number of aromatic nitrogens is 1. The molecule has 1 unspecified atom stereocenters. The van der Waals surface area contributed by atoms with Crippen molar-refractivity contribution in [1.82, 2.24) is 19.5 Å². The topological polar surface area (TPSA) is 149 Å². The minimum atomic E-state index is -3.61. The molecule has 2 aromatic carbocycles. The van der Waals surface area contributed by atoms with E-state index < -0.39 is 21.9 Å². The largest absolute Gasteiger partial charge is 0.481 e.